The second-order valence-electron chi connectivity index (χ2n) is 7.35. The number of sulfone groups is 1. The molecule has 33 heavy (non-hydrogen) atoms. The van der Waals surface area contributed by atoms with Crippen LogP contribution >= 0.6 is 0 Å². The number of benzene rings is 2. The van der Waals surface area contributed by atoms with E-state index in [0.29, 0.717) is 55.0 Å². The molecule has 8 nitrogen and oxygen atoms in total. The average Bonchev–Trinajstić information content (AvgIpc) is 2.90. The zero-order valence-electron chi connectivity index (χ0n) is 18.7. The van der Waals surface area contributed by atoms with Crippen molar-refractivity contribution in [1.29, 1.82) is 0 Å². The van der Waals surface area contributed by atoms with Gasteiger partial charge in [0, 0.05) is 18.2 Å². The standard InChI is InChI=1S/C24H28O8S/c1-3-10-29-11-12-31-21-7-5-20(16-22(21)30-4-2)32-19-6-8-23-18(15-19)14-17(24(25)26)9-13-33(23,27)28/h5-8,14-16H,3-4,9-13H2,1-2H3,(H,25,26). The first kappa shape index (κ1) is 24.6. The smallest absolute Gasteiger partial charge is 0.331 e. The monoisotopic (exact) mass is 476 g/mol. The van der Waals surface area contributed by atoms with Crippen molar-refractivity contribution >= 4 is 21.9 Å². The SMILES string of the molecule is CCCOCCOc1ccc(Oc2ccc3c(c2)C=C(C(=O)O)CCS3(=O)=O)cc1OCC. The van der Waals surface area contributed by atoms with E-state index < -0.39 is 15.8 Å². The maximum absolute atomic E-state index is 12.5. The number of rotatable bonds is 11. The molecule has 2 aromatic rings. The van der Waals surface area contributed by atoms with E-state index in [2.05, 4.69) is 0 Å². The molecule has 9 heteroatoms. The number of carboxylic acids is 1. The van der Waals surface area contributed by atoms with Crippen LogP contribution in [0.15, 0.2) is 46.9 Å². The highest BCUT2D eigenvalue weighted by Gasteiger charge is 2.25. The lowest BCUT2D eigenvalue weighted by Gasteiger charge is -2.14. The quantitative estimate of drug-likeness (QED) is 0.478. The Bertz CT molecular complexity index is 1120. The Morgan fingerprint density at radius 3 is 2.45 bits per heavy atom. The molecule has 0 aromatic heterocycles. The normalized spacial score (nSPS) is 14.5. The van der Waals surface area contributed by atoms with Gasteiger partial charge in [0.1, 0.15) is 18.1 Å². The summed E-state index contributed by atoms with van der Waals surface area (Å²) in [5, 5.41) is 9.35. The molecule has 0 atom stereocenters. The van der Waals surface area contributed by atoms with Gasteiger partial charge in [-0.1, -0.05) is 6.92 Å². The van der Waals surface area contributed by atoms with E-state index in [9.17, 15) is 18.3 Å². The Kier molecular flexibility index (Phi) is 8.35. The van der Waals surface area contributed by atoms with E-state index in [-0.39, 0.29) is 22.6 Å². The lowest BCUT2D eigenvalue weighted by atomic mass is 10.1. The van der Waals surface area contributed by atoms with Crippen LogP contribution in [0, 0.1) is 0 Å². The lowest BCUT2D eigenvalue weighted by molar-refractivity contribution is -0.132. The molecule has 1 N–H and O–H groups in total. The predicted octanol–water partition coefficient (Wildman–Crippen LogP) is 4.33. The van der Waals surface area contributed by atoms with E-state index in [4.69, 9.17) is 18.9 Å². The number of hydrogen-bond donors (Lipinski definition) is 1. The molecule has 0 spiro atoms. The van der Waals surface area contributed by atoms with Crippen molar-refractivity contribution in [1.82, 2.24) is 0 Å². The number of carboxylic acid groups (broad SMARTS) is 1. The van der Waals surface area contributed by atoms with Gasteiger partial charge in [-0.2, -0.15) is 0 Å². The van der Waals surface area contributed by atoms with Crippen molar-refractivity contribution in [3.63, 3.8) is 0 Å². The Morgan fingerprint density at radius 1 is 0.970 bits per heavy atom. The van der Waals surface area contributed by atoms with Crippen molar-refractivity contribution in [2.75, 3.05) is 32.2 Å². The van der Waals surface area contributed by atoms with Crippen molar-refractivity contribution in [2.45, 2.75) is 31.6 Å². The summed E-state index contributed by atoms with van der Waals surface area (Å²) in [5.41, 5.74) is 0.331. The fourth-order valence-electron chi connectivity index (χ4n) is 3.30. The van der Waals surface area contributed by atoms with Gasteiger partial charge >= 0.3 is 5.97 Å². The Labute approximate surface area is 193 Å². The van der Waals surface area contributed by atoms with E-state index in [0.717, 1.165) is 6.42 Å². The van der Waals surface area contributed by atoms with Crippen LogP contribution in [0.25, 0.3) is 6.08 Å². The third-order valence-electron chi connectivity index (χ3n) is 4.85. The summed E-state index contributed by atoms with van der Waals surface area (Å²) in [6, 6.07) is 9.65. The maximum Gasteiger partial charge on any atom is 0.331 e. The highest BCUT2D eigenvalue weighted by molar-refractivity contribution is 7.91. The highest BCUT2D eigenvalue weighted by atomic mass is 32.2. The van der Waals surface area contributed by atoms with Crippen molar-refractivity contribution in [2.24, 2.45) is 0 Å². The first-order chi connectivity index (χ1) is 15.8. The maximum atomic E-state index is 12.5. The van der Waals surface area contributed by atoms with Gasteiger partial charge in [0.25, 0.3) is 0 Å². The predicted molar refractivity (Wildman–Crippen MR) is 123 cm³/mol. The third kappa shape index (κ3) is 6.49. The Hall–Kier alpha value is -3.04. The van der Waals surface area contributed by atoms with E-state index in [1.165, 1.54) is 18.2 Å². The summed E-state index contributed by atoms with van der Waals surface area (Å²) in [5.74, 6) is 0.521. The van der Waals surface area contributed by atoms with Crippen LogP contribution in [0.5, 0.6) is 23.0 Å². The third-order valence-corrected chi connectivity index (χ3v) is 6.63. The number of fused-ring (bicyclic) bond motifs is 1. The molecule has 1 heterocycles. The van der Waals surface area contributed by atoms with Gasteiger partial charge in [-0.3, -0.25) is 0 Å². The van der Waals surface area contributed by atoms with Crippen LogP contribution in [0.2, 0.25) is 0 Å². The van der Waals surface area contributed by atoms with Gasteiger partial charge in [0.2, 0.25) is 0 Å². The minimum atomic E-state index is -3.59. The summed E-state index contributed by atoms with van der Waals surface area (Å²) < 4.78 is 47.8. The molecule has 0 aliphatic carbocycles. The largest absolute Gasteiger partial charge is 0.490 e. The molecule has 2 aromatic carbocycles. The average molecular weight is 477 g/mol. The van der Waals surface area contributed by atoms with Crippen molar-refractivity contribution in [3.05, 3.63) is 47.5 Å². The van der Waals surface area contributed by atoms with Crippen LogP contribution in [0.3, 0.4) is 0 Å². The number of ether oxygens (including phenoxy) is 4. The van der Waals surface area contributed by atoms with Crippen LogP contribution in [-0.2, 0) is 19.4 Å². The number of carbonyl (C=O) groups is 1. The van der Waals surface area contributed by atoms with Gasteiger partial charge in [-0.05, 0) is 61.7 Å². The van der Waals surface area contributed by atoms with Gasteiger partial charge in [0.05, 0.1) is 23.9 Å². The van der Waals surface area contributed by atoms with Gasteiger partial charge in [0.15, 0.2) is 21.3 Å². The zero-order valence-corrected chi connectivity index (χ0v) is 19.5. The van der Waals surface area contributed by atoms with E-state index in [1.807, 2.05) is 13.8 Å². The van der Waals surface area contributed by atoms with Crippen LogP contribution < -0.4 is 14.2 Å². The van der Waals surface area contributed by atoms with Crippen molar-refractivity contribution in [3.8, 4) is 23.0 Å². The van der Waals surface area contributed by atoms with Gasteiger partial charge in [-0.15, -0.1) is 0 Å². The molecular formula is C24H28O8S. The second-order valence-corrected chi connectivity index (χ2v) is 9.43. The Balaban J connectivity index is 1.82. The molecule has 0 fully saturated rings. The molecule has 0 radical (unpaired) electrons. The van der Waals surface area contributed by atoms with Crippen LogP contribution in [0.1, 0.15) is 32.3 Å². The Morgan fingerprint density at radius 2 is 1.73 bits per heavy atom. The topological polar surface area (TPSA) is 108 Å². The fraction of sp³-hybridized carbons (Fsp3) is 0.375. The minimum absolute atomic E-state index is 0.0394. The molecular weight excluding hydrogens is 448 g/mol. The fourth-order valence-corrected chi connectivity index (χ4v) is 4.76. The first-order valence-electron chi connectivity index (χ1n) is 10.8. The second kappa shape index (κ2) is 11.2. The van der Waals surface area contributed by atoms with E-state index >= 15 is 0 Å². The van der Waals surface area contributed by atoms with Gasteiger partial charge in [-0.25, -0.2) is 13.2 Å². The van der Waals surface area contributed by atoms with E-state index in [1.54, 1.807) is 24.3 Å². The summed E-state index contributed by atoms with van der Waals surface area (Å²) in [4.78, 5) is 11.5. The van der Waals surface area contributed by atoms with Crippen molar-refractivity contribution < 1.29 is 37.3 Å². The molecule has 0 amide bonds. The molecule has 178 valence electrons. The summed E-state index contributed by atoms with van der Waals surface area (Å²) in [7, 11) is -3.59. The molecule has 1 aliphatic rings. The zero-order chi connectivity index (χ0) is 23.8. The summed E-state index contributed by atoms with van der Waals surface area (Å²) >= 11 is 0. The first-order valence-corrected chi connectivity index (χ1v) is 12.4. The molecule has 3 rings (SSSR count). The summed E-state index contributed by atoms with van der Waals surface area (Å²) in [6.45, 7) is 5.88. The van der Waals surface area contributed by atoms with Gasteiger partial charge < -0.3 is 24.1 Å². The van der Waals surface area contributed by atoms with Crippen LogP contribution in [-0.4, -0.2) is 51.7 Å². The lowest BCUT2D eigenvalue weighted by Crippen LogP contribution is -2.08. The van der Waals surface area contributed by atoms with Crippen LogP contribution in [0.4, 0.5) is 0 Å². The molecule has 1 aliphatic heterocycles. The number of aliphatic carboxylic acids is 1. The molecule has 0 bridgehead atoms. The molecule has 0 saturated carbocycles. The highest BCUT2D eigenvalue weighted by Crippen LogP contribution is 2.35. The minimum Gasteiger partial charge on any atom is -0.490 e. The molecule has 0 saturated heterocycles. The number of hydrogen-bond acceptors (Lipinski definition) is 7. The molecule has 0 unspecified atom stereocenters. The summed E-state index contributed by atoms with van der Waals surface area (Å²) in [6.07, 6.45) is 2.28.